The molecule has 2 heterocycles. The van der Waals surface area contributed by atoms with Gasteiger partial charge in [0.2, 0.25) is 5.91 Å². The highest BCUT2D eigenvalue weighted by Gasteiger charge is 2.13. The Morgan fingerprint density at radius 2 is 1.81 bits per heavy atom. The summed E-state index contributed by atoms with van der Waals surface area (Å²) < 4.78 is 14.3. The Morgan fingerprint density at radius 3 is 2.52 bits per heavy atom. The molecule has 0 bridgehead atoms. The maximum Gasteiger partial charge on any atom is 0.275 e. The molecule has 0 aliphatic carbocycles. The van der Waals surface area contributed by atoms with Crippen LogP contribution in [0.4, 0.5) is 4.39 Å². The quantitative estimate of drug-likeness (QED) is 0.660. The molecule has 2 amide bonds. The van der Waals surface area contributed by atoms with Crippen LogP contribution in [0.5, 0.6) is 0 Å². The van der Waals surface area contributed by atoms with E-state index in [4.69, 9.17) is 0 Å². The minimum absolute atomic E-state index is 0.101. The summed E-state index contributed by atoms with van der Waals surface area (Å²) >= 11 is 1.44. The van der Waals surface area contributed by atoms with E-state index in [1.807, 2.05) is 17.5 Å². The second-order valence-corrected chi connectivity index (χ2v) is 6.77. The van der Waals surface area contributed by atoms with Crippen LogP contribution in [-0.4, -0.2) is 16.4 Å². The summed E-state index contributed by atoms with van der Waals surface area (Å²) in [5.41, 5.74) is 4.67. The van der Waals surface area contributed by atoms with Crippen molar-refractivity contribution in [1.29, 1.82) is 0 Å². The first-order valence-electron chi connectivity index (χ1n) is 8.08. The lowest BCUT2D eigenvalue weighted by Gasteiger charge is -2.09. The molecular formula is C19H16FN3O3S. The number of benzene rings is 1. The molecule has 6 nitrogen and oxygen atoms in total. The molecular weight excluding hydrogens is 369 g/mol. The second-order valence-electron chi connectivity index (χ2n) is 5.74. The summed E-state index contributed by atoms with van der Waals surface area (Å²) in [7, 11) is 0. The Kier molecular flexibility index (Phi) is 5.77. The molecule has 0 spiro atoms. The maximum atomic E-state index is 13.0. The van der Waals surface area contributed by atoms with Crippen molar-refractivity contribution in [2.24, 2.45) is 0 Å². The maximum absolute atomic E-state index is 13.0. The molecule has 2 aromatic heterocycles. The van der Waals surface area contributed by atoms with Crippen molar-refractivity contribution >= 4 is 23.2 Å². The number of thiophene rings is 1. The van der Waals surface area contributed by atoms with Gasteiger partial charge in [-0.2, -0.15) is 0 Å². The molecule has 0 atom stereocenters. The zero-order valence-electron chi connectivity index (χ0n) is 14.1. The molecule has 0 aliphatic heterocycles. The standard InChI is InChI=1S/C19H16FN3O3S/c20-14-7-5-13(6-8-14)12-23-9-1-4-16(19(23)26)18(25)22-21-17(24)11-15-3-2-10-27-15/h1-10H,11-12H2,(H,21,24)(H,22,25). The Morgan fingerprint density at radius 1 is 1.04 bits per heavy atom. The fourth-order valence-electron chi connectivity index (χ4n) is 2.43. The molecule has 8 heteroatoms. The van der Waals surface area contributed by atoms with Crippen LogP contribution in [0.15, 0.2) is 64.9 Å². The van der Waals surface area contributed by atoms with Gasteiger partial charge in [-0.05, 0) is 41.3 Å². The van der Waals surface area contributed by atoms with Crippen molar-refractivity contribution < 1.29 is 14.0 Å². The first-order valence-corrected chi connectivity index (χ1v) is 8.96. The average molecular weight is 385 g/mol. The molecule has 0 saturated heterocycles. The third kappa shape index (κ3) is 4.89. The number of amides is 2. The first-order chi connectivity index (χ1) is 13.0. The van der Waals surface area contributed by atoms with Gasteiger partial charge in [-0.1, -0.05) is 18.2 Å². The van der Waals surface area contributed by atoms with Crippen molar-refractivity contribution in [3.8, 4) is 0 Å². The van der Waals surface area contributed by atoms with Gasteiger partial charge in [0.05, 0.1) is 13.0 Å². The van der Waals surface area contributed by atoms with Crippen molar-refractivity contribution in [2.75, 3.05) is 0 Å². The Hall–Kier alpha value is -3.26. The second kappa shape index (κ2) is 8.41. The lowest BCUT2D eigenvalue weighted by atomic mass is 10.2. The van der Waals surface area contributed by atoms with Crippen LogP contribution < -0.4 is 16.4 Å². The summed E-state index contributed by atoms with van der Waals surface area (Å²) in [5.74, 6) is -1.45. The van der Waals surface area contributed by atoms with E-state index in [9.17, 15) is 18.8 Å². The normalized spacial score (nSPS) is 10.4. The van der Waals surface area contributed by atoms with Crippen LogP contribution in [0.2, 0.25) is 0 Å². The minimum Gasteiger partial charge on any atom is -0.310 e. The molecule has 3 aromatic rings. The van der Waals surface area contributed by atoms with Crippen molar-refractivity contribution in [1.82, 2.24) is 15.4 Å². The molecule has 2 N–H and O–H groups in total. The SMILES string of the molecule is O=C(Cc1cccs1)NNC(=O)c1cccn(Cc2ccc(F)cc2)c1=O. The summed E-state index contributed by atoms with van der Waals surface area (Å²) in [6.45, 7) is 0.199. The zero-order chi connectivity index (χ0) is 19.2. The van der Waals surface area contributed by atoms with Gasteiger partial charge in [-0.3, -0.25) is 25.2 Å². The van der Waals surface area contributed by atoms with E-state index in [1.54, 1.807) is 18.2 Å². The highest BCUT2D eigenvalue weighted by atomic mass is 32.1. The molecule has 3 rings (SSSR count). The third-order valence-electron chi connectivity index (χ3n) is 3.76. The van der Waals surface area contributed by atoms with Crippen LogP contribution in [0, 0.1) is 5.82 Å². The number of nitrogens with zero attached hydrogens (tertiary/aromatic N) is 1. The third-order valence-corrected chi connectivity index (χ3v) is 4.64. The first kappa shape index (κ1) is 18.5. The van der Waals surface area contributed by atoms with Gasteiger partial charge in [0.15, 0.2) is 0 Å². The molecule has 0 fully saturated rings. The number of carbonyl (C=O) groups is 2. The monoisotopic (exact) mass is 385 g/mol. The molecule has 0 saturated carbocycles. The van der Waals surface area contributed by atoms with E-state index in [1.165, 1.54) is 40.3 Å². The van der Waals surface area contributed by atoms with E-state index in [0.29, 0.717) is 0 Å². The van der Waals surface area contributed by atoms with Crippen LogP contribution in [0.3, 0.4) is 0 Å². The van der Waals surface area contributed by atoms with E-state index in [2.05, 4.69) is 10.9 Å². The summed E-state index contributed by atoms with van der Waals surface area (Å²) in [5, 5.41) is 1.86. The van der Waals surface area contributed by atoms with Gasteiger partial charge in [0, 0.05) is 11.1 Å². The topological polar surface area (TPSA) is 80.2 Å². The van der Waals surface area contributed by atoms with E-state index in [-0.39, 0.29) is 30.3 Å². The predicted molar refractivity (Wildman–Crippen MR) is 99.8 cm³/mol. The van der Waals surface area contributed by atoms with Crippen LogP contribution in [0.25, 0.3) is 0 Å². The number of hydrogen-bond acceptors (Lipinski definition) is 4. The smallest absolute Gasteiger partial charge is 0.275 e. The number of pyridine rings is 1. The average Bonchev–Trinajstić information content (AvgIpc) is 3.16. The van der Waals surface area contributed by atoms with Crippen LogP contribution >= 0.6 is 11.3 Å². The van der Waals surface area contributed by atoms with Gasteiger partial charge in [-0.25, -0.2) is 4.39 Å². The molecule has 1 aromatic carbocycles. The zero-order valence-corrected chi connectivity index (χ0v) is 15.0. The predicted octanol–water partition coefficient (Wildman–Crippen LogP) is 2.10. The number of hydrogen-bond donors (Lipinski definition) is 2. The highest BCUT2D eigenvalue weighted by Crippen LogP contribution is 2.08. The van der Waals surface area contributed by atoms with E-state index >= 15 is 0 Å². The van der Waals surface area contributed by atoms with Crippen molar-refractivity contribution in [3.05, 3.63) is 92.3 Å². The number of nitrogens with one attached hydrogen (secondary N) is 2. The number of hydrazine groups is 1. The van der Waals surface area contributed by atoms with Gasteiger partial charge in [0.1, 0.15) is 11.4 Å². The molecule has 27 heavy (non-hydrogen) atoms. The van der Waals surface area contributed by atoms with Gasteiger partial charge in [-0.15, -0.1) is 11.3 Å². The van der Waals surface area contributed by atoms with E-state index in [0.717, 1.165) is 10.4 Å². The Balaban J connectivity index is 1.65. The van der Waals surface area contributed by atoms with Crippen molar-refractivity contribution in [2.45, 2.75) is 13.0 Å². The number of halogens is 1. The molecule has 0 unspecified atom stereocenters. The minimum atomic E-state index is -0.701. The fourth-order valence-corrected chi connectivity index (χ4v) is 3.13. The molecule has 0 aliphatic rings. The van der Waals surface area contributed by atoms with Crippen LogP contribution in [0.1, 0.15) is 20.8 Å². The van der Waals surface area contributed by atoms with Crippen molar-refractivity contribution in [3.63, 3.8) is 0 Å². The van der Waals surface area contributed by atoms with Gasteiger partial charge >= 0.3 is 0 Å². The van der Waals surface area contributed by atoms with Gasteiger partial charge in [0.25, 0.3) is 11.5 Å². The lowest BCUT2D eigenvalue weighted by molar-refractivity contribution is -0.121. The summed E-state index contributed by atoms with van der Waals surface area (Å²) in [4.78, 5) is 37.4. The summed E-state index contributed by atoms with van der Waals surface area (Å²) in [6, 6.07) is 12.3. The Bertz CT molecular complexity index is 998. The summed E-state index contributed by atoms with van der Waals surface area (Å²) in [6.07, 6.45) is 1.68. The van der Waals surface area contributed by atoms with Gasteiger partial charge < -0.3 is 4.57 Å². The largest absolute Gasteiger partial charge is 0.310 e. The molecule has 138 valence electrons. The lowest BCUT2D eigenvalue weighted by Crippen LogP contribution is -2.44. The number of aromatic nitrogens is 1. The number of rotatable bonds is 5. The fraction of sp³-hybridized carbons (Fsp3) is 0.105. The van der Waals surface area contributed by atoms with E-state index < -0.39 is 11.5 Å². The Labute approximate surface area is 158 Å². The highest BCUT2D eigenvalue weighted by molar-refractivity contribution is 7.10. The molecule has 0 radical (unpaired) electrons. The number of carbonyl (C=O) groups excluding carboxylic acids is 2. The van der Waals surface area contributed by atoms with Crippen LogP contribution in [-0.2, 0) is 17.8 Å².